The zero-order chi connectivity index (χ0) is 20.6. The topological polar surface area (TPSA) is 61.4 Å². The van der Waals surface area contributed by atoms with Crippen molar-refractivity contribution in [1.29, 1.82) is 0 Å². The van der Waals surface area contributed by atoms with Gasteiger partial charge in [0.1, 0.15) is 10.6 Å². The Balaban J connectivity index is 1.79. The first-order chi connectivity index (χ1) is 13.1. The van der Waals surface area contributed by atoms with Crippen LogP contribution in [0.5, 0.6) is 5.75 Å². The summed E-state index contributed by atoms with van der Waals surface area (Å²) in [6.07, 6.45) is 0. The van der Waals surface area contributed by atoms with Crippen LogP contribution in [0, 0.1) is 0 Å². The quantitative estimate of drug-likeness (QED) is 0.313. The van der Waals surface area contributed by atoms with Gasteiger partial charge in [-0.3, -0.25) is 10.1 Å². The number of carbonyl (C=O) groups is 1. The first kappa shape index (κ1) is 20.9. The number of anilines is 1. The van der Waals surface area contributed by atoms with Gasteiger partial charge in [-0.25, -0.2) is 0 Å². The number of halogens is 2. The molecule has 0 radical (unpaired) electrons. The minimum atomic E-state index is -0.425. The average Bonchev–Trinajstić information content (AvgIpc) is 2.92. The number of aromatic hydroxyl groups is 1. The Kier molecular flexibility index (Phi) is 5.87. The van der Waals surface area contributed by atoms with E-state index in [2.05, 4.69) is 31.4 Å². The van der Waals surface area contributed by atoms with Crippen molar-refractivity contribution in [2.24, 2.45) is 0 Å². The fourth-order valence-electron chi connectivity index (χ4n) is 2.60. The molecule has 4 nitrogen and oxygen atoms in total. The molecule has 1 aromatic heterocycles. The van der Waals surface area contributed by atoms with Crippen molar-refractivity contribution < 1.29 is 9.90 Å². The van der Waals surface area contributed by atoms with E-state index in [1.54, 1.807) is 24.3 Å². The monoisotopic (exact) mass is 452 g/mol. The summed E-state index contributed by atoms with van der Waals surface area (Å²) in [5, 5.41) is 17.3. The molecule has 28 heavy (non-hydrogen) atoms. The van der Waals surface area contributed by atoms with Gasteiger partial charge in [-0.2, -0.15) is 0 Å². The molecular formula is C20H18Cl2N2O2S2. The number of hydrogen-bond acceptors (Lipinski definition) is 4. The molecule has 0 unspecified atom stereocenters. The summed E-state index contributed by atoms with van der Waals surface area (Å²) in [6.45, 7) is 6.21. The third-order valence-electron chi connectivity index (χ3n) is 4.14. The van der Waals surface area contributed by atoms with Crippen molar-refractivity contribution in [3.63, 3.8) is 0 Å². The first-order valence-electron chi connectivity index (χ1n) is 8.39. The molecule has 0 fully saturated rings. The lowest BCUT2D eigenvalue weighted by molar-refractivity contribution is 0.0982. The zero-order valence-corrected chi connectivity index (χ0v) is 18.5. The largest absolute Gasteiger partial charge is 0.506 e. The van der Waals surface area contributed by atoms with Gasteiger partial charge in [-0.05, 0) is 47.5 Å². The second kappa shape index (κ2) is 7.87. The molecule has 1 amide bonds. The van der Waals surface area contributed by atoms with E-state index in [4.69, 9.17) is 35.4 Å². The number of thiocarbonyl (C=S) groups is 1. The van der Waals surface area contributed by atoms with Crippen molar-refractivity contribution in [3.05, 3.63) is 56.9 Å². The predicted molar refractivity (Wildman–Crippen MR) is 122 cm³/mol. The number of amides is 1. The molecule has 3 N–H and O–H groups in total. The van der Waals surface area contributed by atoms with Crippen LogP contribution in [0.15, 0.2) is 36.4 Å². The molecular weight excluding hydrogens is 435 g/mol. The van der Waals surface area contributed by atoms with Crippen LogP contribution in [-0.2, 0) is 5.41 Å². The Hall–Kier alpha value is -1.86. The molecule has 1 heterocycles. The number of phenolic OH excluding ortho intramolecular Hbond substituents is 1. The summed E-state index contributed by atoms with van der Waals surface area (Å²) in [6, 6.07) is 10.5. The van der Waals surface area contributed by atoms with Crippen LogP contribution in [0.25, 0.3) is 10.1 Å². The Morgan fingerprint density at radius 1 is 1.14 bits per heavy atom. The predicted octanol–water partition coefficient (Wildman–Crippen LogP) is 6.34. The number of benzene rings is 2. The van der Waals surface area contributed by atoms with E-state index in [1.165, 1.54) is 11.3 Å². The number of carbonyl (C=O) groups excluding carboxylic acids is 1. The smallest absolute Gasteiger partial charge is 0.269 e. The van der Waals surface area contributed by atoms with Crippen LogP contribution in [0.4, 0.5) is 5.69 Å². The molecule has 0 aliphatic carbocycles. The number of hydrogen-bond donors (Lipinski definition) is 3. The molecule has 3 rings (SSSR count). The molecule has 146 valence electrons. The van der Waals surface area contributed by atoms with Gasteiger partial charge in [0, 0.05) is 15.1 Å². The van der Waals surface area contributed by atoms with Crippen LogP contribution < -0.4 is 10.6 Å². The summed E-state index contributed by atoms with van der Waals surface area (Å²) >= 11 is 18.8. The first-order valence-corrected chi connectivity index (χ1v) is 10.4. The number of rotatable bonds is 2. The number of thiophene rings is 1. The molecule has 0 saturated carbocycles. The third kappa shape index (κ3) is 4.41. The second-order valence-corrected chi connectivity index (χ2v) is 9.55. The van der Waals surface area contributed by atoms with E-state index in [0.29, 0.717) is 20.6 Å². The van der Waals surface area contributed by atoms with Gasteiger partial charge < -0.3 is 10.4 Å². The maximum Gasteiger partial charge on any atom is 0.269 e. The van der Waals surface area contributed by atoms with Crippen molar-refractivity contribution in [1.82, 2.24) is 5.32 Å². The van der Waals surface area contributed by atoms with Crippen molar-refractivity contribution in [3.8, 4) is 5.75 Å². The number of fused-ring (bicyclic) bond motifs is 1. The fourth-order valence-corrected chi connectivity index (χ4v) is 4.49. The van der Waals surface area contributed by atoms with E-state index >= 15 is 0 Å². The SMILES string of the molecule is CC(C)(C)c1ccc(O)c(NC(=S)NC(=O)c2sc3cc(Cl)ccc3c2Cl)c1. The molecule has 0 saturated heterocycles. The zero-order valence-electron chi connectivity index (χ0n) is 15.4. The van der Waals surface area contributed by atoms with Crippen LogP contribution in [0.3, 0.4) is 0 Å². The summed E-state index contributed by atoms with van der Waals surface area (Å²) in [5.41, 5.74) is 1.35. The number of nitrogens with one attached hydrogen (secondary N) is 2. The minimum absolute atomic E-state index is 0.0409. The normalized spacial score (nSPS) is 11.5. The summed E-state index contributed by atoms with van der Waals surface area (Å²) in [5.74, 6) is -0.384. The highest BCUT2D eigenvalue weighted by atomic mass is 35.5. The Labute approximate surface area is 182 Å². The van der Waals surface area contributed by atoms with Gasteiger partial charge in [0.05, 0.1) is 10.7 Å². The van der Waals surface area contributed by atoms with E-state index in [0.717, 1.165) is 15.6 Å². The summed E-state index contributed by atoms with van der Waals surface area (Å²) < 4.78 is 0.817. The lowest BCUT2D eigenvalue weighted by atomic mass is 9.87. The van der Waals surface area contributed by atoms with Crippen LogP contribution in [-0.4, -0.2) is 16.1 Å². The lowest BCUT2D eigenvalue weighted by Gasteiger charge is -2.21. The minimum Gasteiger partial charge on any atom is -0.506 e. The standard InChI is InChI=1S/C20H18Cl2N2O2S2/c1-20(2,3)10-4-7-14(25)13(8-10)23-19(27)24-18(26)17-16(22)12-6-5-11(21)9-15(12)28-17/h4-9,25H,1-3H3,(H2,23,24,26,27). The molecule has 0 atom stereocenters. The summed E-state index contributed by atoms with van der Waals surface area (Å²) in [7, 11) is 0. The van der Waals surface area contributed by atoms with Gasteiger partial charge in [0.15, 0.2) is 5.11 Å². The van der Waals surface area contributed by atoms with Gasteiger partial charge >= 0.3 is 0 Å². The van der Waals surface area contributed by atoms with Crippen LogP contribution >= 0.6 is 46.8 Å². The maximum absolute atomic E-state index is 12.6. The highest BCUT2D eigenvalue weighted by molar-refractivity contribution is 7.80. The Bertz CT molecular complexity index is 1090. The molecule has 8 heteroatoms. The molecule has 0 aliphatic heterocycles. The lowest BCUT2D eigenvalue weighted by Crippen LogP contribution is -2.33. The molecule has 2 aromatic carbocycles. The van der Waals surface area contributed by atoms with Gasteiger partial charge in [-0.15, -0.1) is 11.3 Å². The van der Waals surface area contributed by atoms with Gasteiger partial charge in [-0.1, -0.05) is 56.1 Å². The maximum atomic E-state index is 12.6. The van der Waals surface area contributed by atoms with Gasteiger partial charge in [0.25, 0.3) is 5.91 Å². The van der Waals surface area contributed by atoms with Crippen LogP contribution in [0.1, 0.15) is 36.0 Å². The Morgan fingerprint density at radius 2 is 1.86 bits per heavy atom. The molecule has 0 aliphatic rings. The third-order valence-corrected chi connectivity index (χ3v) is 6.23. The van der Waals surface area contributed by atoms with E-state index in [9.17, 15) is 9.90 Å². The van der Waals surface area contributed by atoms with E-state index in [1.807, 2.05) is 12.1 Å². The highest BCUT2D eigenvalue weighted by Gasteiger charge is 2.20. The van der Waals surface area contributed by atoms with Crippen molar-refractivity contribution in [2.45, 2.75) is 26.2 Å². The average molecular weight is 453 g/mol. The molecule has 0 spiro atoms. The second-order valence-electron chi connectivity index (χ2n) is 7.28. The molecule has 3 aromatic rings. The van der Waals surface area contributed by atoms with E-state index in [-0.39, 0.29) is 16.3 Å². The van der Waals surface area contributed by atoms with Crippen molar-refractivity contribution >= 4 is 73.5 Å². The summed E-state index contributed by atoms with van der Waals surface area (Å²) in [4.78, 5) is 13.0. The number of phenols is 1. The fraction of sp³-hybridized carbons (Fsp3) is 0.200. The van der Waals surface area contributed by atoms with Gasteiger partial charge in [0.2, 0.25) is 0 Å². The van der Waals surface area contributed by atoms with Crippen LogP contribution in [0.2, 0.25) is 10.0 Å². The van der Waals surface area contributed by atoms with E-state index < -0.39 is 5.91 Å². The Morgan fingerprint density at radius 3 is 2.54 bits per heavy atom. The molecule has 0 bridgehead atoms. The highest BCUT2D eigenvalue weighted by Crippen LogP contribution is 2.36. The van der Waals surface area contributed by atoms with Crippen molar-refractivity contribution in [2.75, 3.05) is 5.32 Å².